The van der Waals surface area contributed by atoms with Gasteiger partial charge in [0, 0.05) is 26.2 Å². The first-order valence-corrected chi connectivity index (χ1v) is 7.62. The number of hydrogen-bond acceptors (Lipinski definition) is 3. The second-order valence-corrected chi connectivity index (χ2v) is 6.67. The van der Waals surface area contributed by atoms with Gasteiger partial charge >= 0.3 is 6.09 Å². The van der Waals surface area contributed by atoms with Crippen LogP contribution in [0.3, 0.4) is 0 Å². The van der Waals surface area contributed by atoms with Crippen molar-refractivity contribution in [3.8, 4) is 0 Å². The van der Waals surface area contributed by atoms with E-state index in [9.17, 15) is 4.79 Å². The second kappa shape index (κ2) is 6.48. The monoisotopic (exact) mass is 290 g/mol. The van der Waals surface area contributed by atoms with E-state index >= 15 is 0 Å². The summed E-state index contributed by atoms with van der Waals surface area (Å²) in [6, 6.07) is 6.50. The normalized spacial score (nSPS) is 15.4. The quantitative estimate of drug-likeness (QED) is 0.930. The van der Waals surface area contributed by atoms with Crippen molar-refractivity contribution in [3.63, 3.8) is 0 Å². The van der Waals surface area contributed by atoms with E-state index in [1.165, 1.54) is 16.7 Å². The standard InChI is InChI=1S/C17H26N2O2/c1-13-6-5-7-14-12-19(10-8-15(13)14)11-9-18-16(20)21-17(2,3)4/h5-7H,8-12H2,1-4H3,(H,18,20). The molecule has 1 aliphatic rings. The lowest BCUT2D eigenvalue weighted by molar-refractivity contribution is 0.0521. The van der Waals surface area contributed by atoms with Crippen molar-refractivity contribution < 1.29 is 9.53 Å². The van der Waals surface area contributed by atoms with Gasteiger partial charge < -0.3 is 10.1 Å². The predicted octanol–water partition coefficient (Wildman–Crippen LogP) is 2.88. The number of hydrogen-bond donors (Lipinski definition) is 1. The third-order valence-corrected chi connectivity index (χ3v) is 3.68. The van der Waals surface area contributed by atoms with E-state index in [0.29, 0.717) is 6.54 Å². The molecule has 116 valence electrons. The molecular formula is C17H26N2O2. The molecule has 0 aromatic heterocycles. The van der Waals surface area contributed by atoms with Crippen LogP contribution in [-0.4, -0.2) is 36.2 Å². The molecule has 4 nitrogen and oxygen atoms in total. The van der Waals surface area contributed by atoms with Gasteiger partial charge in [-0.15, -0.1) is 0 Å². The molecule has 0 radical (unpaired) electrons. The van der Waals surface area contributed by atoms with Gasteiger partial charge in [0.15, 0.2) is 0 Å². The number of fused-ring (bicyclic) bond motifs is 1. The van der Waals surface area contributed by atoms with Crippen molar-refractivity contribution in [3.05, 3.63) is 34.9 Å². The minimum absolute atomic E-state index is 0.337. The van der Waals surface area contributed by atoms with Gasteiger partial charge in [0.1, 0.15) is 5.60 Å². The van der Waals surface area contributed by atoms with Crippen molar-refractivity contribution in [1.29, 1.82) is 0 Å². The molecule has 0 spiro atoms. The minimum atomic E-state index is -0.439. The highest BCUT2D eigenvalue weighted by molar-refractivity contribution is 5.67. The Labute approximate surface area is 127 Å². The average molecular weight is 290 g/mol. The molecule has 1 amide bonds. The fourth-order valence-corrected chi connectivity index (χ4v) is 2.68. The Balaban J connectivity index is 1.77. The molecule has 0 fully saturated rings. The summed E-state index contributed by atoms with van der Waals surface area (Å²) in [6.07, 6.45) is 0.754. The molecule has 0 saturated heterocycles. The van der Waals surface area contributed by atoms with Crippen LogP contribution < -0.4 is 5.32 Å². The maximum atomic E-state index is 11.6. The van der Waals surface area contributed by atoms with Crippen LogP contribution in [0.2, 0.25) is 0 Å². The van der Waals surface area contributed by atoms with Crippen LogP contribution in [0.5, 0.6) is 0 Å². The lowest BCUT2D eigenvalue weighted by Crippen LogP contribution is -2.39. The van der Waals surface area contributed by atoms with Gasteiger partial charge in [0.25, 0.3) is 0 Å². The molecule has 1 heterocycles. The highest BCUT2D eigenvalue weighted by atomic mass is 16.6. The number of amides is 1. The number of nitrogens with one attached hydrogen (secondary N) is 1. The van der Waals surface area contributed by atoms with E-state index in [2.05, 4.69) is 35.3 Å². The highest BCUT2D eigenvalue weighted by Crippen LogP contribution is 2.21. The third kappa shape index (κ3) is 4.74. The first kappa shape index (κ1) is 15.8. The molecule has 2 rings (SSSR count). The molecule has 4 heteroatoms. The summed E-state index contributed by atoms with van der Waals surface area (Å²) in [5.41, 5.74) is 3.86. The van der Waals surface area contributed by atoms with E-state index in [1.807, 2.05) is 20.8 Å². The van der Waals surface area contributed by atoms with E-state index in [-0.39, 0.29) is 6.09 Å². The van der Waals surface area contributed by atoms with Gasteiger partial charge in [-0.25, -0.2) is 4.79 Å². The summed E-state index contributed by atoms with van der Waals surface area (Å²) in [5, 5.41) is 2.82. The number of carbonyl (C=O) groups is 1. The van der Waals surface area contributed by atoms with Crippen LogP contribution in [0.25, 0.3) is 0 Å². The molecule has 0 aliphatic carbocycles. The molecular weight excluding hydrogens is 264 g/mol. The van der Waals surface area contributed by atoms with Gasteiger partial charge in [-0.2, -0.15) is 0 Å². The van der Waals surface area contributed by atoms with E-state index in [1.54, 1.807) is 0 Å². The fraction of sp³-hybridized carbons (Fsp3) is 0.588. The van der Waals surface area contributed by atoms with Crippen molar-refractivity contribution >= 4 is 6.09 Å². The summed E-state index contributed by atoms with van der Waals surface area (Å²) in [6.45, 7) is 11.3. The molecule has 0 unspecified atom stereocenters. The average Bonchev–Trinajstić information content (AvgIpc) is 2.36. The van der Waals surface area contributed by atoms with Crippen LogP contribution in [-0.2, 0) is 17.7 Å². The Morgan fingerprint density at radius 1 is 1.38 bits per heavy atom. The molecule has 1 aromatic carbocycles. The zero-order valence-electron chi connectivity index (χ0n) is 13.5. The Bertz CT molecular complexity index is 506. The maximum Gasteiger partial charge on any atom is 0.407 e. The zero-order valence-corrected chi connectivity index (χ0v) is 13.5. The zero-order chi connectivity index (χ0) is 15.5. The van der Waals surface area contributed by atoms with Crippen LogP contribution >= 0.6 is 0 Å². The van der Waals surface area contributed by atoms with E-state index in [0.717, 1.165) is 26.1 Å². The Morgan fingerprint density at radius 2 is 2.14 bits per heavy atom. The number of aryl methyl sites for hydroxylation is 1. The Morgan fingerprint density at radius 3 is 2.86 bits per heavy atom. The summed E-state index contributed by atoms with van der Waals surface area (Å²) in [7, 11) is 0. The molecule has 0 atom stereocenters. The molecule has 0 saturated carbocycles. The van der Waals surface area contributed by atoms with E-state index < -0.39 is 5.60 Å². The number of nitrogens with zero attached hydrogens (tertiary/aromatic N) is 1. The van der Waals surface area contributed by atoms with Gasteiger partial charge in [0.05, 0.1) is 0 Å². The Hall–Kier alpha value is -1.55. The maximum absolute atomic E-state index is 11.6. The van der Waals surface area contributed by atoms with Gasteiger partial charge in [-0.05, 0) is 50.8 Å². The van der Waals surface area contributed by atoms with Gasteiger partial charge in [-0.3, -0.25) is 4.90 Å². The minimum Gasteiger partial charge on any atom is -0.444 e. The Kier molecular flexibility index (Phi) is 4.88. The lowest BCUT2D eigenvalue weighted by Gasteiger charge is -2.29. The number of alkyl carbamates (subject to hydrolysis) is 1. The molecule has 1 aliphatic heterocycles. The highest BCUT2D eigenvalue weighted by Gasteiger charge is 2.18. The van der Waals surface area contributed by atoms with Crippen molar-refractivity contribution in [1.82, 2.24) is 10.2 Å². The number of rotatable bonds is 3. The first-order chi connectivity index (χ1) is 9.85. The molecule has 21 heavy (non-hydrogen) atoms. The molecule has 1 aromatic rings. The SMILES string of the molecule is Cc1cccc2c1CCN(CCNC(=O)OC(C)(C)C)C2. The molecule has 1 N–H and O–H groups in total. The largest absolute Gasteiger partial charge is 0.444 e. The summed E-state index contributed by atoms with van der Waals surface area (Å²) in [4.78, 5) is 14.0. The number of benzene rings is 1. The molecule has 0 bridgehead atoms. The van der Waals surface area contributed by atoms with E-state index in [4.69, 9.17) is 4.74 Å². The fourth-order valence-electron chi connectivity index (χ4n) is 2.68. The summed E-state index contributed by atoms with van der Waals surface area (Å²) < 4.78 is 5.23. The van der Waals surface area contributed by atoms with Crippen LogP contribution in [0.15, 0.2) is 18.2 Å². The smallest absolute Gasteiger partial charge is 0.407 e. The summed E-state index contributed by atoms with van der Waals surface area (Å²) >= 11 is 0. The van der Waals surface area contributed by atoms with Gasteiger partial charge in [0.2, 0.25) is 0 Å². The number of ether oxygens (including phenoxy) is 1. The third-order valence-electron chi connectivity index (χ3n) is 3.68. The van der Waals surface area contributed by atoms with Crippen LogP contribution in [0, 0.1) is 6.92 Å². The lowest BCUT2D eigenvalue weighted by atomic mass is 9.95. The van der Waals surface area contributed by atoms with Crippen LogP contribution in [0.1, 0.15) is 37.5 Å². The van der Waals surface area contributed by atoms with Crippen molar-refractivity contribution in [2.75, 3.05) is 19.6 Å². The van der Waals surface area contributed by atoms with Crippen molar-refractivity contribution in [2.45, 2.75) is 46.3 Å². The predicted molar refractivity (Wildman–Crippen MR) is 84.4 cm³/mol. The topological polar surface area (TPSA) is 41.6 Å². The van der Waals surface area contributed by atoms with Crippen LogP contribution in [0.4, 0.5) is 4.79 Å². The first-order valence-electron chi connectivity index (χ1n) is 7.62. The van der Waals surface area contributed by atoms with Gasteiger partial charge in [-0.1, -0.05) is 18.2 Å². The number of carbonyl (C=O) groups excluding carboxylic acids is 1. The van der Waals surface area contributed by atoms with Crippen molar-refractivity contribution in [2.24, 2.45) is 0 Å². The summed E-state index contributed by atoms with van der Waals surface area (Å²) in [5.74, 6) is 0. The second-order valence-electron chi connectivity index (χ2n) is 6.67.